The van der Waals surface area contributed by atoms with Crippen LogP contribution in [-0.2, 0) is 4.79 Å². The Kier molecular flexibility index (Phi) is 3.56. The van der Waals surface area contributed by atoms with Crippen LogP contribution in [0.1, 0.15) is 64.7 Å². The van der Waals surface area contributed by atoms with Gasteiger partial charge in [0.25, 0.3) is 0 Å². The number of carboxylic acids is 1. The number of aliphatic carboxylic acids is 1. The maximum absolute atomic E-state index is 11.1. The molecule has 0 spiro atoms. The number of hydrogen-bond donors (Lipinski definition) is 1. The molecule has 2 saturated carbocycles. The van der Waals surface area contributed by atoms with Gasteiger partial charge in [0.1, 0.15) is 0 Å². The van der Waals surface area contributed by atoms with E-state index in [-0.39, 0.29) is 5.92 Å². The summed E-state index contributed by atoms with van der Waals surface area (Å²) >= 11 is 0. The predicted molar refractivity (Wildman–Crippen MR) is 64.3 cm³/mol. The molecule has 2 aliphatic carbocycles. The molecule has 0 aromatic rings. The summed E-state index contributed by atoms with van der Waals surface area (Å²) in [5, 5.41) is 9.14. The highest BCUT2D eigenvalue weighted by atomic mass is 16.4. The molecule has 92 valence electrons. The van der Waals surface area contributed by atoms with E-state index in [4.69, 9.17) is 5.11 Å². The summed E-state index contributed by atoms with van der Waals surface area (Å²) in [6, 6.07) is 0. The number of hydrogen-bond acceptors (Lipinski definition) is 1. The van der Waals surface area contributed by atoms with E-state index >= 15 is 0 Å². The van der Waals surface area contributed by atoms with Crippen LogP contribution in [0.15, 0.2) is 0 Å². The van der Waals surface area contributed by atoms with Crippen LogP contribution in [0, 0.1) is 17.3 Å². The lowest BCUT2D eigenvalue weighted by Crippen LogP contribution is -2.35. The number of carboxylic acid groups (broad SMARTS) is 1. The monoisotopic (exact) mass is 224 g/mol. The Labute approximate surface area is 98.4 Å². The van der Waals surface area contributed by atoms with Crippen molar-refractivity contribution in [2.24, 2.45) is 17.3 Å². The van der Waals surface area contributed by atoms with Gasteiger partial charge in [0.05, 0.1) is 5.92 Å². The lowest BCUT2D eigenvalue weighted by Gasteiger charge is -2.44. The van der Waals surface area contributed by atoms with Gasteiger partial charge in [0.15, 0.2) is 0 Å². The third-order valence-corrected chi connectivity index (χ3v) is 5.00. The molecule has 0 amide bonds. The van der Waals surface area contributed by atoms with E-state index in [1.807, 2.05) is 0 Å². The zero-order chi connectivity index (χ0) is 11.6. The van der Waals surface area contributed by atoms with Crippen molar-refractivity contribution in [3.63, 3.8) is 0 Å². The second-order valence-electron chi connectivity index (χ2n) is 6.11. The highest BCUT2D eigenvalue weighted by molar-refractivity contribution is 5.70. The first-order chi connectivity index (χ1) is 7.62. The standard InChI is InChI=1S/C14H24O2/c1-14(8-3-2-4-9-14)12-7-5-6-11(10-12)13(15)16/h11-12H,2-10H2,1H3,(H,15,16). The Bertz CT molecular complexity index is 253. The van der Waals surface area contributed by atoms with Crippen molar-refractivity contribution in [1.29, 1.82) is 0 Å². The molecule has 2 unspecified atom stereocenters. The van der Waals surface area contributed by atoms with Crippen molar-refractivity contribution in [3.05, 3.63) is 0 Å². The molecule has 2 rings (SSSR count). The van der Waals surface area contributed by atoms with Gasteiger partial charge < -0.3 is 5.11 Å². The van der Waals surface area contributed by atoms with Crippen LogP contribution >= 0.6 is 0 Å². The van der Waals surface area contributed by atoms with Crippen LogP contribution in [0.4, 0.5) is 0 Å². The molecule has 2 atom stereocenters. The minimum absolute atomic E-state index is 0.0579. The second kappa shape index (κ2) is 4.77. The van der Waals surface area contributed by atoms with Crippen LogP contribution in [0.2, 0.25) is 0 Å². The van der Waals surface area contributed by atoms with Crippen molar-refractivity contribution in [2.45, 2.75) is 64.7 Å². The Morgan fingerprint density at radius 2 is 1.81 bits per heavy atom. The fourth-order valence-corrected chi connectivity index (χ4v) is 3.81. The molecule has 0 bridgehead atoms. The molecule has 0 aromatic carbocycles. The van der Waals surface area contributed by atoms with E-state index in [9.17, 15) is 4.79 Å². The Morgan fingerprint density at radius 1 is 1.12 bits per heavy atom. The molecule has 0 aromatic heterocycles. The number of carbonyl (C=O) groups is 1. The van der Waals surface area contributed by atoms with Gasteiger partial charge in [0, 0.05) is 0 Å². The van der Waals surface area contributed by atoms with Crippen LogP contribution in [0.3, 0.4) is 0 Å². The van der Waals surface area contributed by atoms with Gasteiger partial charge in [-0.25, -0.2) is 0 Å². The third-order valence-electron chi connectivity index (χ3n) is 5.00. The maximum atomic E-state index is 11.1. The molecule has 0 radical (unpaired) electrons. The van der Waals surface area contributed by atoms with Crippen molar-refractivity contribution in [1.82, 2.24) is 0 Å². The average molecular weight is 224 g/mol. The van der Waals surface area contributed by atoms with Gasteiger partial charge in [-0.2, -0.15) is 0 Å². The zero-order valence-electron chi connectivity index (χ0n) is 10.4. The smallest absolute Gasteiger partial charge is 0.306 e. The van der Waals surface area contributed by atoms with E-state index < -0.39 is 5.97 Å². The van der Waals surface area contributed by atoms with Gasteiger partial charge in [-0.1, -0.05) is 32.6 Å². The van der Waals surface area contributed by atoms with Crippen molar-refractivity contribution in [3.8, 4) is 0 Å². The highest BCUT2D eigenvalue weighted by Gasteiger charge is 2.39. The molecule has 16 heavy (non-hydrogen) atoms. The largest absolute Gasteiger partial charge is 0.481 e. The Balaban J connectivity index is 2.00. The summed E-state index contributed by atoms with van der Waals surface area (Å²) < 4.78 is 0. The summed E-state index contributed by atoms with van der Waals surface area (Å²) in [7, 11) is 0. The molecule has 0 aliphatic heterocycles. The van der Waals surface area contributed by atoms with Crippen LogP contribution < -0.4 is 0 Å². The van der Waals surface area contributed by atoms with Gasteiger partial charge in [-0.15, -0.1) is 0 Å². The van der Waals surface area contributed by atoms with E-state index in [1.165, 1.54) is 38.5 Å². The molecule has 2 fully saturated rings. The third kappa shape index (κ3) is 2.41. The van der Waals surface area contributed by atoms with E-state index in [0.717, 1.165) is 19.3 Å². The Hall–Kier alpha value is -0.530. The summed E-state index contributed by atoms with van der Waals surface area (Å²) in [4.78, 5) is 11.1. The van der Waals surface area contributed by atoms with Gasteiger partial charge >= 0.3 is 5.97 Å². The average Bonchev–Trinajstić information content (AvgIpc) is 2.30. The SMILES string of the molecule is CC1(C2CCCC(C(=O)O)C2)CCCCC1. The van der Waals surface area contributed by atoms with Crippen molar-refractivity contribution >= 4 is 5.97 Å². The summed E-state index contributed by atoms with van der Waals surface area (Å²) in [6.45, 7) is 2.40. The minimum Gasteiger partial charge on any atom is -0.481 e. The quantitative estimate of drug-likeness (QED) is 0.773. The van der Waals surface area contributed by atoms with Crippen molar-refractivity contribution < 1.29 is 9.90 Å². The van der Waals surface area contributed by atoms with Crippen LogP contribution in [-0.4, -0.2) is 11.1 Å². The lowest BCUT2D eigenvalue weighted by molar-refractivity contribution is -0.144. The predicted octanol–water partition coefficient (Wildman–Crippen LogP) is 3.85. The molecule has 0 heterocycles. The first kappa shape index (κ1) is 11.9. The molecule has 2 aliphatic rings. The summed E-state index contributed by atoms with van der Waals surface area (Å²) in [5.41, 5.74) is 0.451. The zero-order valence-corrected chi connectivity index (χ0v) is 10.4. The fraction of sp³-hybridized carbons (Fsp3) is 0.929. The molecule has 2 heteroatoms. The normalized spacial score (nSPS) is 34.6. The van der Waals surface area contributed by atoms with E-state index in [2.05, 4.69) is 6.92 Å². The first-order valence-electron chi connectivity index (χ1n) is 6.85. The second-order valence-corrected chi connectivity index (χ2v) is 6.11. The highest BCUT2D eigenvalue weighted by Crippen LogP contribution is 2.48. The fourth-order valence-electron chi connectivity index (χ4n) is 3.81. The molecule has 2 nitrogen and oxygen atoms in total. The number of rotatable bonds is 2. The molecular weight excluding hydrogens is 200 g/mol. The Morgan fingerprint density at radius 3 is 2.44 bits per heavy atom. The van der Waals surface area contributed by atoms with Crippen LogP contribution in [0.5, 0.6) is 0 Å². The summed E-state index contributed by atoms with van der Waals surface area (Å²) in [5.74, 6) is 0.0456. The molecule has 0 saturated heterocycles. The lowest BCUT2D eigenvalue weighted by atomic mass is 9.61. The van der Waals surface area contributed by atoms with Gasteiger partial charge in [-0.3, -0.25) is 4.79 Å². The van der Waals surface area contributed by atoms with E-state index in [0.29, 0.717) is 11.3 Å². The van der Waals surface area contributed by atoms with E-state index in [1.54, 1.807) is 0 Å². The topological polar surface area (TPSA) is 37.3 Å². The molecular formula is C14H24O2. The van der Waals surface area contributed by atoms with Gasteiger partial charge in [0.2, 0.25) is 0 Å². The molecule has 1 N–H and O–H groups in total. The van der Waals surface area contributed by atoms with Gasteiger partial charge in [-0.05, 0) is 43.4 Å². The maximum Gasteiger partial charge on any atom is 0.306 e. The van der Waals surface area contributed by atoms with Crippen molar-refractivity contribution in [2.75, 3.05) is 0 Å². The summed E-state index contributed by atoms with van der Waals surface area (Å²) in [6.07, 6.45) is 11.0. The van der Waals surface area contributed by atoms with Crippen LogP contribution in [0.25, 0.3) is 0 Å². The first-order valence-corrected chi connectivity index (χ1v) is 6.85. The minimum atomic E-state index is -0.566.